The molecule has 0 amide bonds. The highest BCUT2D eigenvalue weighted by Gasteiger charge is 2.32. The molecule has 0 spiro atoms. The van der Waals surface area contributed by atoms with Crippen molar-refractivity contribution in [1.82, 2.24) is 5.32 Å². The molecule has 11 heteroatoms. The molecule has 0 aromatic heterocycles. The number of hydrogen-bond acceptors (Lipinski definition) is 6. The molecule has 7 nitrogen and oxygen atoms in total. The molecule has 0 atom stereocenters. The van der Waals surface area contributed by atoms with Crippen LogP contribution < -0.4 is 19.5 Å². The lowest BCUT2D eigenvalue weighted by molar-refractivity contribution is -0.274. The third kappa shape index (κ3) is 7.98. The van der Waals surface area contributed by atoms with Crippen LogP contribution in [-0.4, -0.2) is 40.3 Å². The van der Waals surface area contributed by atoms with E-state index in [2.05, 4.69) is 14.8 Å². The molecule has 0 radical (unpaired) electrons. The largest absolute Gasteiger partial charge is 0.573 e. The summed E-state index contributed by atoms with van der Waals surface area (Å²) in [6, 6.07) is 16.0. The minimum Gasteiger partial charge on any atom is -0.492 e. The number of benzene rings is 3. The van der Waals surface area contributed by atoms with Crippen molar-refractivity contribution in [2.75, 3.05) is 24.4 Å². The van der Waals surface area contributed by atoms with Crippen LogP contribution in [0.15, 0.2) is 65.6 Å². The van der Waals surface area contributed by atoms with Crippen LogP contribution in [0, 0.1) is 6.92 Å². The Morgan fingerprint density at radius 3 is 2.52 bits per heavy atom. The minimum absolute atomic E-state index is 0.0529. The molecule has 4 rings (SSSR count). The van der Waals surface area contributed by atoms with Crippen LogP contribution in [0.1, 0.15) is 46.3 Å². The van der Waals surface area contributed by atoms with Gasteiger partial charge in [-0.2, -0.15) is 0 Å². The standard InChI is InChI=1S/C29H31F3N2O5S/c1-20-9-11-24(12-10-20)34-40(36,37)27-19-23(18-22-14-17-38-28(22)27)25(35)7-4-5-15-33-16-13-21-6-2-3-8-26(21)39-29(30,31)32/h2-3,6,8-12,18-19,33-34H,4-5,7,13-17H2,1H3. The second-order valence-electron chi connectivity index (χ2n) is 9.57. The van der Waals surface area contributed by atoms with E-state index in [1.165, 1.54) is 18.2 Å². The molecule has 0 aliphatic carbocycles. The predicted octanol–water partition coefficient (Wildman–Crippen LogP) is 5.81. The van der Waals surface area contributed by atoms with Crippen molar-refractivity contribution in [2.45, 2.75) is 50.3 Å². The van der Waals surface area contributed by atoms with Crippen LogP contribution in [0.5, 0.6) is 11.5 Å². The molecule has 3 aromatic rings. The lowest BCUT2D eigenvalue weighted by Crippen LogP contribution is -2.21. The number of ketones is 1. The maximum atomic E-state index is 13.2. The Hall–Kier alpha value is -3.57. The third-order valence-electron chi connectivity index (χ3n) is 6.44. The van der Waals surface area contributed by atoms with Gasteiger partial charge in [0.1, 0.15) is 16.4 Å². The molecule has 1 aliphatic heterocycles. The first-order valence-corrected chi connectivity index (χ1v) is 14.5. The lowest BCUT2D eigenvalue weighted by atomic mass is 10.0. The van der Waals surface area contributed by atoms with Gasteiger partial charge in [-0.15, -0.1) is 13.2 Å². The number of carbonyl (C=O) groups is 1. The number of ether oxygens (including phenoxy) is 2. The quantitative estimate of drug-likeness (QED) is 0.197. The van der Waals surface area contributed by atoms with Crippen LogP contribution in [0.2, 0.25) is 0 Å². The molecular weight excluding hydrogens is 545 g/mol. The predicted molar refractivity (Wildman–Crippen MR) is 146 cm³/mol. The highest BCUT2D eigenvalue weighted by molar-refractivity contribution is 7.92. The fraction of sp³-hybridized carbons (Fsp3) is 0.345. The van der Waals surface area contributed by atoms with Gasteiger partial charge in [0.25, 0.3) is 10.0 Å². The number of Topliss-reactive ketones (excluding diaryl/α,β-unsaturated/α-hetero) is 1. The van der Waals surface area contributed by atoms with Crippen LogP contribution >= 0.6 is 0 Å². The summed E-state index contributed by atoms with van der Waals surface area (Å²) in [4.78, 5) is 12.9. The number of para-hydroxylation sites is 1. The number of halogens is 3. The van der Waals surface area contributed by atoms with E-state index >= 15 is 0 Å². The Labute approximate surface area is 231 Å². The van der Waals surface area contributed by atoms with Crippen LogP contribution in [0.25, 0.3) is 0 Å². The van der Waals surface area contributed by atoms with Crippen LogP contribution in [0.3, 0.4) is 0 Å². The summed E-state index contributed by atoms with van der Waals surface area (Å²) in [6.45, 7) is 3.28. The van der Waals surface area contributed by atoms with Crippen molar-refractivity contribution in [1.29, 1.82) is 0 Å². The van der Waals surface area contributed by atoms with Gasteiger partial charge < -0.3 is 14.8 Å². The van der Waals surface area contributed by atoms with E-state index in [1.54, 1.807) is 42.5 Å². The van der Waals surface area contributed by atoms with E-state index < -0.39 is 16.4 Å². The highest BCUT2D eigenvalue weighted by atomic mass is 32.2. The number of unbranched alkanes of at least 4 members (excludes halogenated alkanes) is 1. The monoisotopic (exact) mass is 576 g/mol. The van der Waals surface area contributed by atoms with Crippen molar-refractivity contribution in [2.24, 2.45) is 0 Å². The first kappa shape index (κ1) is 29.4. The van der Waals surface area contributed by atoms with Gasteiger partial charge in [-0.1, -0.05) is 35.9 Å². The van der Waals surface area contributed by atoms with Crippen LogP contribution in [-0.2, 0) is 22.9 Å². The number of carbonyl (C=O) groups excluding carboxylic acids is 1. The molecule has 2 N–H and O–H groups in total. The van der Waals surface area contributed by atoms with E-state index in [4.69, 9.17) is 4.74 Å². The smallest absolute Gasteiger partial charge is 0.492 e. The molecule has 0 saturated carbocycles. The van der Waals surface area contributed by atoms with Gasteiger partial charge in [0.2, 0.25) is 0 Å². The Bertz CT molecular complexity index is 1440. The molecule has 214 valence electrons. The SMILES string of the molecule is Cc1ccc(NS(=O)(=O)c2cc(C(=O)CCCCNCCc3ccccc3OC(F)(F)F)cc3c2OCC3)cc1. The summed E-state index contributed by atoms with van der Waals surface area (Å²) in [6.07, 6.45) is -2.41. The van der Waals surface area contributed by atoms with Gasteiger partial charge in [0, 0.05) is 24.1 Å². The molecule has 1 aliphatic rings. The molecule has 0 fully saturated rings. The van der Waals surface area contributed by atoms with Crippen molar-refractivity contribution < 1.29 is 35.9 Å². The fourth-order valence-corrected chi connectivity index (χ4v) is 5.70. The number of aryl methyl sites for hydroxylation is 1. The van der Waals surface area contributed by atoms with E-state index in [0.717, 1.165) is 5.56 Å². The molecule has 40 heavy (non-hydrogen) atoms. The molecule has 0 unspecified atom stereocenters. The number of fused-ring (bicyclic) bond motifs is 1. The Morgan fingerprint density at radius 1 is 1.02 bits per heavy atom. The van der Waals surface area contributed by atoms with Crippen LogP contribution in [0.4, 0.5) is 18.9 Å². The third-order valence-corrected chi connectivity index (χ3v) is 7.83. The first-order chi connectivity index (χ1) is 19.0. The summed E-state index contributed by atoms with van der Waals surface area (Å²) < 4.78 is 76.4. The number of rotatable bonds is 13. The number of hydrogen-bond donors (Lipinski definition) is 2. The second kappa shape index (κ2) is 12.7. The van der Waals surface area contributed by atoms with E-state index in [1.807, 2.05) is 6.92 Å². The fourth-order valence-electron chi connectivity index (χ4n) is 4.43. The summed E-state index contributed by atoms with van der Waals surface area (Å²) in [5.41, 5.74) is 2.87. The summed E-state index contributed by atoms with van der Waals surface area (Å²) in [5.74, 6) is -0.0973. The lowest BCUT2D eigenvalue weighted by Gasteiger charge is -2.14. The van der Waals surface area contributed by atoms with Gasteiger partial charge in [-0.3, -0.25) is 9.52 Å². The van der Waals surface area contributed by atoms with E-state index in [0.29, 0.717) is 67.8 Å². The second-order valence-corrected chi connectivity index (χ2v) is 11.2. The molecule has 0 bridgehead atoms. The number of alkyl halides is 3. The number of anilines is 1. The topological polar surface area (TPSA) is 93.7 Å². The van der Waals surface area contributed by atoms with Gasteiger partial charge in [0.15, 0.2) is 5.78 Å². The Balaban J connectivity index is 1.29. The average molecular weight is 577 g/mol. The van der Waals surface area contributed by atoms with Crippen molar-refractivity contribution >= 4 is 21.5 Å². The van der Waals surface area contributed by atoms with Crippen molar-refractivity contribution in [3.05, 3.63) is 82.9 Å². The first-order valence-electron chi connectivity index (χ1n) is 13.0. The van der Waals surface area contributed by atoms with Gasteiger partial charge in [-0.05, 0) is 80.7 Å². The van der Waals surface area contributed by atoms with Crippen molar-refractivity contribution in [3.63, 3.8) is 0 Å². The zero-order chi connectivity index (χ0) is 28.8. The van der Waals surface area contributed by atoms with E-state index in [9.17, 15) is 26.4 Å². The zero-order valence-electron chi connectivity index (χ0n) is 22.0. The normalized spacial score (nSPS) is 13.0. The molecular formula is C29H31F3N2O5S. The Morgan fingerprint density at radius 2 is 1.77 bits per heavy atom. The summed E-state index contributed by atoms with van der Waals surface area (Å²) in [7, 11) is -3.99. The van der Waals surface area contributed by atoms with Gasteiger partial charge in [0.05, 0.1) is 6.61 Å². The molecule has 1 heterocycles. The highest BCUT2D eigenvalue weighted by Crippen LogP contribution is 2.35. The van der Waals surface area contributed by atoms with E-state index in [-0.39, 0.29) is 28.6 Å². The van der Waals surface area contributed by atoms with Crippen molar-refractivity contribution in [3.8, 4) is 11.5 Å². The summed E-state index contributed by atoms with van der Waals surface area (Å²) in [5, 5.41) is 3.17. The Kier molecular flexibility index (Phi) is 9.36. The van der Waals surface area contributed by atoms with Gasteiger partial charge >= 0.3 is 6.36 Å². The maximum Gasteiger partial charge on any atom is 0.573 e. The zero-order valence-corrected chi connectivity index (χ0v) is 22.8. The number of nitrogens with one attached hydrogen (secondary N) is 2. The average Bonchev–Trinajstić information content (AvgIpc) is 3.37. The maximum absolute atomic E-state index is 13.2. The number of sulfonamides is 1. The summed E-state index contributed by atoms with van der Waals surface area (Å²) >= 11 is 0. The minimum atomic E-state index is -4.75. The molecule has 0 saturated heterocycles. The van der Waals surface area contributed by atoms with Gasteiger partial charge in [-0.25, -0.2) is 8.42 Å². The molecule has 3 aromatic carbocycles.